The Kier molecular flexibility index (Phi) is 7.04. The summed E-state index contributed by atoms with van der Waals surface area (Å²) in [5.74, 6) is -0.563. The quantitative estimate of drug-likeness (QED) is 0.721. The highest BCUT2D eigenvalue weighted by Crippen LogP contribution is 2.13. The molecule has 0 saturated heterocycles. The van der Waals surface area contributed by atoms with Crippen molar-refractivity contribution in [3.8, 4) is 5.75 Å². The van der Waals surface area contributed by atoms with Gasteiger partial charge in [-0.25, -0.2) is 0 Å². The van der Waals surface area contributed by atoms with Crippen LogP contribution in [0.25, 0.3) is 0 Å². The number of aliphatic carboxylic acids is 1. The molecule has 1 aromatic carbocycles. The fourth-order valence-corrected chi connectivity index (χ4v) is 2.06. The molecule has 0 radical (unpaired) electrons. The van der Waals surface area contributed by atoms with Crippen LogP contribution in [0.5, 0.6) is 5.75 Å². The van der Waals surface area contributed by atoms with Crippen LogP contribution in [0.1, 0.15) is 18.9 Å². The average molecular weight is 281 g/mol. The second kappa shape index (κ2) is 8.55. The van der Waals surface area contributed by atoms with E-state index in [2.05, 4.69) is 0 Å². The molecule has 5 heteroatoms. The topological polar surface area (TPSA) is 70.0 Å². The number of phenols is 1. The first kappa shape index (κ1) is 16.5. The van der Waals surface area contributed by atoms with Crippen molar-refractivity contribution in [2.45, 2.75) is 25.8 Å². The summed E-state index contributed by atoms with van der Waals surface area (Å²) in [6.07, 6.45) is 1.71. The van der Waals surface area contributed by atoms with E-state index in [1.165, 1.54) is 0 Å². The van der Waals surface area contributed by atoms with Crippen LogP contribution in [-0.2, 0) is 16.0 Å². The Morgan fingerprint density at radius 3 is 2.55 bits per heavy atom. The molecule has 1 aromatic rings. The maximum atomic E-state index is 10.9. The smallest absolute Gasteiger partial charge is 0.317 e. The summed E-state index contributed by atoms with van der Waals surface area (Å²) in [5.41, 5.74) is 1.14. The lowest BCUT2D eigenvalue weighted by atomic mass is 10.0. The number of nitrogens with zero attached hydrogens (tertiary/aromatic N) is 1. The van der Waals surface area contributed by atoms with Crippen molar-refractivity contribution in [2.75, 3.05) is 26.8 Å². The van der Waals surface area contributed by atoms with Crippen LogP contribution in [-0.4, -0.2) is 53.9 Å². The van der Waals surface area contributed by atoms with E-state index in [4.69, 9.17) is 9.84 Å². The zero-order valence-electron chi connectivity index (χ0n) is 12.1. The number of carboxylic acid groups (broad SMARTS) is 1. The van der Waals surface area contributed by atoms with Gasteiger partial charge in [-0.05, 0) is 37.5 Å². The standard InChI is InChI=1S/C15H23NO4/c1-12(16(9-10-20-2)11-15(18)19)3-4-13-5-7-14(17)8-6-13/h5-8,12,17H,3-4,9-11H2,1-2H3,(H,18,19). The fraction of sp³-hybridized carbons (Fsp3) is 0.533. The Bertz CT molecular complexity index is 405. The van der Waals surface area contributed by atoms with E-state index in [1.54, 1.807) is 19.2 Å². The van der Waals surface area contributed by atoms with E-state index in [0.29, 0.717) is 13.2 Å². The van der Waals surface area contributed by atoms with E-state index < -0.39 is 5.97 Å². The van der Waals surface area contributed by atoms with Gasteiger partial charge in [-0.3, -0.25) is 9.69 Å². The number of hydrogen-bond donors (Lipinski definition) is 2. The highest BCUT2D eigenvalue weighted by molar-refractivity contribution is 5.69. The summed E-state index contributed by atoms with van der Waals surface area (Å²) in [7, 11) is 1.61. The molecule has 1 rings (SSSR count). The first-order chi connectivity index (χ1) is 9.52. The fourth-order valence-electron chi connectivity index (χ4n) is 2.06. The number of benzene rings is 1. The summed E-state index contributed by atoms with van der Waals surface area (Å²) < 4.78 is 5.02. The number of rotatable bonds is 9. The minimum Gasteiger partial charge on any atom is -0.508 e. The Morgan fingerprint density at radius 2 is 2.00 bits per heavy atom. The number of carboxylic acids is 1. The van der Waals surface area contributed by atoms with Crippen LogP contribution in [0.3, 0.4) is 0 Å². The Balaban J connectivity index is 2.49. The molecule has 0 bridgehead atoms. The molecule has 2 N–H and O–H groups in total. The van der Waals surface area contributed by atoms with Gasteiger partial charge in [-0.15, -0.1) is 0 Å². The van der Waals surface area contributed by atoms with Crippen molar-refractivity contribution in [1.29, 1.82) is 0 Å². The molecule has 0 spiro atoms. The number of phenolic OH excluding ortho intramolecular Hbond substituents is 1. The maximum Gasteiger partial charge on any atom is 0.317 e. The van der Waals surface area contributed by atoms with E-state index >= 15 is 0 Å². The zero-order chi connectivity index (χ0) is 15.0. The molecule has 0 aliphatic carbocycles. The number of aryl methyl sites for hydroxylation is 1. The molecule has 0 aliphatic rings. The molecular weight excluding hydrogens is 258 g/mol. The van der Waals surface area contributed by atoms with Crippen molar-refractivity contribution in [3.05, 3.63) is 29.8 Å². The minimum absolute atomic E-state index is 0.0279. The molecule has 112 valence electrons. The third kappa shape index (κ3) is 6.04. The van der Waals surface area contributed by atoms with Crippen molar-refractivity contribution in [2.24, 2.45) is 0 Å². The summed E-state index contributed by atoms with van der Waals surface area (Å²) in [4.78, 5) is 12.8. The highest BCUT2D eigenvalue weighted by atomic mass is 16.5. The second-order valence-corrected chi connectivity index (χ2v) is 4.91. The van der Waals surface area contributed by atoms with Crippen molar-refractivity contribution in [3.63, 3.8) is 0 Å². The first-order valence-electron chi connectivity index (χ1n) is 6.75. The molecule has 0 amide bonds. The lowest BCUT2D eigenvalue weighted by molar-refractivity contribution is -0.139. The molecule has 0 fully saturated rings. The van der Waals surface area contributed by atoms with Crippen LogP contribution < -0.4 is 0 Å². The van der Waals surface area contributed by atoms with Crippen molar-refractivity contribution >= 4 is 5.97 Å². The van der Waals surface area contributed by atoms with Gasteiger partial charge in [0.2, 0.25) is 0 Å². The van der Waals surface area contributed by atoms with Crippen LogP contribution in [0, 0.1) is 0 Å². The summed E-state index contributed by atoms with van der Waals surface area (Å²) >= 11 is 0. The van der Waals surface area contributed by atoms with E-state index in [-0.39, 0.29) is 18.3 Å². The molecular formula is C15H23NO4. The minimum atomic E-state index is -0.822. The SMILES string of the molecule is COCCN(CC(=O)O)C(C)CCc1ccc(O)cc1. The predicted molar refractivity (Wildman–Crippen MR) is 77.0 cm³/mol. The number of aromatic hydroxyl groups is 1. The zero-order valence-corrected chi connectivity index (χ0v) is 12.1. The summed E-state index contributed by atoms with van der Waals surface area (Å²) in [6, 6.07) is 7.27. The molecule has 0 heterocycles. The van der Waals surface area contributed by atoms with Crippen LogP contribution in [0.2, 0.25) is 0 Å². The van der Waals surface area contributed by atoms with Crippen molar-refractivity contribution in [1.82, 2.24) is 4.90 Å². The number of ether oxygens (including phenoxy) is 1. The molecule has 1 atom stereocenters. The number of methoxy groups -OCH3 is 1. The third-order valence-corrected chi connectivity index (χ3v) is 3.33. The summed E-state index contributed by atoms with van der Waals surface area (Å²) in [6.45, 7) is 3.19. The predicted octanol–water partition coefficient (Wildman–Crippen LogP) is 1.75. The van der Waals surface area contributed by atoms with Gasteiger partial charge >= 0.3 is 5.97 Å². The normalized spacial score (nSPS) is 12.6. The van der Waals surface area contributed by atoms with Gasteiger partial charge < -0.3 is 14.9 Å². The Morgan fingerprint density at radius 1 is 1.35 bits per heavy atom. The van der Waals surface area contributed by atoms with Gasteiger partial charge in [0.1, 0.15) is 5.75 Å². The third-order valence-electron chi connectivity index (χ3n) is 3.33. The van der Waals surface area contributed by atoms with Crippen LogP contribution in [0.15, 0.2) is 24.3 Å². The second-order valence-electron chi connectivity index (χ2n) is 4.91. The van der Waals surface area contributed by atoms with E-state index in [1.807, 2.05) is 24.0 Å². The maximum absolute atomic E-state index is 10.9. The first-order valence-corrected chi connectivity index (χ1v) is 6.75. The van der Waals surface area contributed by atoms with Gasteiger partial charge in [0.05, 0.1) is 13.2 Å². The van der Waals surface area contributed by atoms with Crippen LogP contribution >= 0.6 is 0 Å². The molecule has 0 aromatic heterocycles. The van der Waals surface area contributed by atoms with Gasteiger partial charge in [0.15, 0.2) is 0 Å². The van der Waals surface area contributed by atoms with Gasteiger partial charge in [-0.2, -0.15) is 0 Å². The van der Waals surface area contributed by atoms with Gasteiger partial charge in [0, 0.05) is 19.7 Å². The Labute approximate surface area is 119 Å². The largest absolute Gasteiger partial charge is 0.508 e. The molecule has 1 unspecified atom stereocenters. The van der Waals surface area contributed by atoms with E-state index in [9.17, 15) is 9.90 Å². The lowest BCUT2D eigenvalue weighted by Gasteiger charge is -2.27. The van der Waals surface area contributed by atoms with E-state index in [0.717, 1.165) is 18.4 Å². The van der Waals surface area contributed by atoms with Gasteiger partial charge in [0.25, 0.3) is 0 Å². The average Bonchev–Trinajstić information content (AvgIpc) is 2.42. The van der Waals surface area contributed by atoms with Gasteiger partial charge in [-0.1, -0.05) is 12.1 Å². The molecule has 0 saturated carbocycles. The molecule has 5 nitrogen and oxygen atoms in total. The van der Waals surface area contributed by atoms with Crippen LogP contribution in [0.4, 0.5) is 0 Å². The monoisotopic (exact) mass is 281 g/mol. The molecule has 20 heavy (non-hydrogen) atoms. The Hall–Kier alpha value is -1.59. The summed E-state index contributed by atoms with van der Waals surface area (Å²) in [5, 5.41) is 18.2. The highest BCUT2D eigenvalue weighted by Gasteiger charge is 2.16. The lowest BCUT2D eigenvalue weighted by Crippen LogP contribution is -2.39. The number of hydrogen-bond acceptors (Lipinski definition) is 4. The molecule has 0 aliphatic heterocycles. The number of carbonyl (C=O) groups is 1. The van der Waals surface area contributed by atoms with Crippen molar-refractivity contribution < 1.29 is 19.7 Å².